The van der Waals surface area contributed by atoms with Crippen LogP contribution in [0, 0.1) is 0 Å². The second-order valence-corrected chi connectivity index (χ2v) is 4.63. The fourth-order valence-electron chi connectivity index (χ4n) is 1.64. The highest BCUT2D eigenvalue weighted by Crippen LogP contribution is 2.33. The zero-order valence-corrected chi connectivity index (χ0v) is 9.78. The number of aromatic nitrogens is 1. The normalized spacial score (nSPS) is 10.6. The Morgan fingerprint density at radius 3 is 2.65 bits per heavy atom. The molecule has 3 rings (SSSR count). The Labute approximate surface area is 102 Å². The number of para-hydroxylation sites is 2. The molecule has 0 amide bonds. The van der Waals surface area contributed by atoms with Crippen LogP contribution >= 0.6 is 11.3 Å². The van der Waals surface area contributed by atoms with Crippen molar-refractivity contribution in [1.29, 1.82) is 0 Å². The number of hydrogen-bond acceptors (Lipinski definition) is 4. The van der Waals surface area contributed by atoms with Crippen molar-refractivity contribution >= 4 is 26.7 Å². The van der Waals surface area contributed by atoms with Crippen molar-refractivity contribution < 1.29 is 4.74 Å². The van der Waals surface area contributed by atoms with E-state index in [4.69, 9.17) is 10.5 Å². The van der Waals surface area contributed by atoms with Gasteiger partial charge in [0.15, 0.2) is 10.9 Å². The van der Waals surface area contributed by atoms with Crippen molar-refractivity contribution in [2.75, 3.05) is 5.73 Å². The lowest BCUT2D eigenvalue weighted by atomic mass is 10.3. The van der Waals surface area contributed by atoms with Crippen LogP contribution in [0.15, 0.2) is 48.5 Å². The van der Waals surface area contributed by atoms with E-state index >= 15 is 0 Å². The number of fused-ring (bicyclic) bond motifs is 1. The Bertz CT molecular complexity index is 649. The van der Waals surface area contributed by atoms with Crippen LogP contribution < -0.4 is 10.5 Å². The smallest absolute Gasteiger partial charge is 0.181 e. The molecule has 0 fully saturated rings. The maximum atomic E-state index is 5.79. The standard InChI is InChI=1S/C13H10N2OS/c14-13-15-12-10(7-4-8-11(12)17-13)16-9-5-2-1-3-6-9/h1-8H,(H2,14,15). The molecule has 17 heavy (non-hydrogen) atoms. The van der Waals surface area contributed by atoms with Crippen molar-refractivity contribution in [2.24, 2.45) is 0 Å². The molecular formula is C13H10N2OS. The number of ether oxygens (including phenoxy) is 1. The average molecular weight is 242 g/mol. The molecule has 3 nitrogen and oxygen atoms in total. The van der Waals surface area contributed by atoms with E-state index in [1.54, 1.807) is 0 Å². The van der Waals surface area contributed by atoms with Crippen molar-refractivity contribution in [2.45, 2.75) is 0 Å². The first-order valence-corrected chi connectivity index (χ1v) is 6.02. The summed E-state index contributed by atoms with van der Waals surface area (Å²) in [6, 6.07) is 15.5. The largest absolute Gasteiger partial charge is 0.455 e. The van der Waals surface area contributed by atoms with Gasteiger partial charge in [-0.3, -0.25) is 0 Å². The Morgan fingerprint density at radius 1 is 1.00 bits per heavy atom. The van der Waals surface area contributed by atoms with Gasteiger partial charge in [-0.05, 0) is 24.3 Å². The fourth-order valence-corrected chi connectivity index (χ4v) is 2.39. The number of benzene rings is 2. The van der Waals surface area contributed by atoms with Crippen LogP contribution in [-0.4, -0.2) is 4.98 Å². The monoisotopic (exact) mass is 242 g/mol. The fraction of sp³-hybridized carbons (Fsp3) is 0. The molecule has 0 saturated carbocycles. The summed E-state index contributed by atoms with van der Waals surface area (Å²) in [5.41, 5.74) is 6.52. The van der Waals surface area contributed by atoms with Crippen LogP contribution in [0.25, 0.3) is 10.2 Å². The summed E-state index contributed by atoms with van der Waals surface area (Å²) in [5, 5.41) is 0.559. The highest BCUT2D eigenvalue weighted by atomic mass is 32.1. The molecule has 1 aromatic heterocycles. The summed E-state index contributed by atoms with van der Waals surface area (Å²) < 4.78 is 6.83. The molecule has 84 valence electrons. The zero-order valence-electron chi connectivity index (χ0n) is 8.96. The first kappa shape index (κ1) is 10.1. The zero-order chi connectivity index (χ0) is 11.7. The van der Waals surface area contributed by atoms with Crippen LogP contribution in [0.5, 0.6) is 11.5 Å². The van der Waals surface area contributed by atoms with Crippen LogP contribution in [0.3, 0.4) is 0 Å². The molecule has 0 saturated heterocycles. The van der Waals surface area contributed by atoms with E-state index in [-0.39, 0.29) is 0 Å². The maximum absolute atomic E-state index is 5.79. The Balaban J connectivity index is 2.06. The van der Waals surface area contributed by atoms with Crippen LogP contribution in [-0.2, 0) is 0 Å². The lowest BCUT2D eigenvalue weighted by molar-refractivity contribution is 0.487. The first-order valence-electron chi connectivity index (χ1n) is 5.21. The SMILES string of the molecule is Nc1nc2c(Oc3ccccc3)cccc2s1. The lowest BCUT2D eigenvalue weighted by Crippen LogP contribution is -1.85. The van der Waals surface area contributed by atoms with E-state index in [0.29, 0.717) is 5.13 Å². The molecule has 0 aliphatic carbocycles. The predicted molar refractivity (Wildman–Crippen MR) is 70.5 cm³/mol. The van der Waals surface area contributed by atoms with Gasteiger partial charge in [0.05, 0.1) is 4.70 Å². The number of rotatable bonds is 2. The molecule has 3 aromatic rings. The molecule has 0 atom stereocenters. The van der Waals surface area contributed by atoms with Gasteiger partial charge in [-0.2, -0.15) is 0 Å². The van der Waals surface area contributed by atoms with Crippen molar-refractivity contribution in [3.8, 4) is 11.5 Å². The van der Waals surface area contributed by atoms with Crippen molar-refractivity contribution in [1.82, 2.24) is 4.98 Å². The highest BCUT2D eigenvalue weighted by molar-refractivity contribution is 7.22. The van der Waals surface area contributed by atoms with Gasteiger partial charge >= 0.3 is 0 Å². The van der Waals surface area contributed by atoms with Crippen molar-refractivity contribution in [3.05, 3.63) is 48.5 Å². The van der Waals surface area contributed by atoms with Gasteiger partial charge in [-0.15, -0.1) is 0 Å². The van der Waals surface area contributed by atoms with Gasteiger partial charge in [0.1, 0.15) is 11.3 Å². The Kier molecular flexibility index (Phi) is 2.42. The number of thiazole rings is 1. The third kappa shape index (κ3) is 1.94. The summed E-state index contributed by atoms with van der Waals surface area (Å²) in [6.07, 6.45) is 0. The first-order chi connectivity index (χ1) is 8.33. The minimum Gasteiger partial charge on any atom is -0.455 e. The van der Waals surface area contributed by atoms with Gasteiger partial charge < -0.3 is 10.5 Å². The van der Waals surface area contributed by atoms with Gasteiger partial charge in [0, 0.05) is 0 Å². The van der Waals surface area contributed by atoms with Gasteiger partial charge in [-0.25, -0.2) is 4.98 Å². The quantitative estimate of drug-likeness (QED) is 0.745. The second kappa shape index (κ2) is 4.07. The molecular weight excluding hydrogens is 232 g/mol. The van der Waals surface area contributed by atoms with Crippen molar-refractivity contribution in [3.63, 3.8) is 0 Å². The summed E-state index contributed by atoms with van der Waals surface area (Å²) >= 11 is 1.46. The molecule has 0 bridgehead atoms. The number of anilines is 1. The van der Waals surface area contributed by atoms with Crippen LogP contribution in [0.1, 0.15) is 0 Å². The molecule has 0 radical (unpaired) electrons. The summed E-state index contributed by atoms with van der Waals surface area (Å²) in [7, 11) is 0. The molecule has 1 heterocycles. The Morgan fingerprint density at radius 2 is 1.82 bits per heavy atom. The molecule has 0 aliphatic heterocycles. The molecule has 2 N–H and O–H groups in total. The number of nitrogens with two attached hydrogens (primary N) is 1. The molecule has 0 spiro atoms. The number of nitrogens with zero attached hydrogens (tertiary/aromatic N) is 1. The van der Waals surface area contributed by atoms with Gasteiger partial charge in [-0.1, -0.05) is 35.6 Å². The molecule has 0 aliphatic rings. The highest BCUT2D eigenvalue weighted by Gasteiger charge is 2.07. The van der Waals surface area contributed by atoms with E-state index in [0.717, 1.165) is 21.7 Å². The third-order valence-corrected chi connectivity index (χ3v) is 3.22. The van der Waals surface area contributed by atoms with E-state index < -0.39 is 0 Å². The van der Waals surface area contributed by atoms with E-state index in [2.05, 4.69) is 4.98 Å². The summed E-state index contributed by atoms with van der Waals surface area (Å²) in [5.74, 6) is 1.54. The predicted octanol–water partition coefficient (Wildman–Crippen LogP) is 3.67. The summed E-state index contributed by atoms with van der Waals surface area (Å²) in [4.78, 5) is 4.28. The van der Waals surface area contributed by atoms with Crippen LogP contribution in [0.4, 0.5) is 5.13 Å². The molecule has 4 heteroatoms. The van der Waals surface area contributed by atoms with E-state index in [9.17, 15) is 0 Å². The summed E-state index contributed by atoms with van der Waals surface area (Å²) in [6.45, 7) is 0. The van der Waals surface area contributed by atoms with Gasteiger partial charge in [0.2, 0.25) is 0 Å². The number of hydrogen-bond donors (Lipinski definition) is 1. The van der Waals surface area contributed by atoms with Crippen LogP contribution in [0.2, 0.25) is 0 Å². The van der Waals surface area contributed by atoms with E-state index in [1.807, 2.05) is 48.5 Å². The second-order valence-electron chi connectivity index (χ2n) is 3.57. The minimum atomic E-state index is 0.559. The topological polar surface area (TPSA) is 48.1 Å². The Hall–Kier alpha value is -2.07. The minimum absolute atomic E-state index is 0.559. The maximum Gasteiger partial charge on any atom is 0.181 e. The molecule has 2 aromatic carbocycles. The third-order valence-electron chi connectivity index (χ3n) is 2.37. The lowest BCUT2D eigenvalue weighted by Gasteiger charge is -2.05. The molecule has 0 unspecified atom stereocenters. The van der Waals surface area contributed by atoms with E-state index in [1.165, 1.54) is 11.3 Å². The van der Waals surface area contributed by atoms with Gasteiger partial charge in [0.25, 0.3) is 0 Å². The average Bonchev–Trinajstić information content (AvgIpc) is 2.72. The number of nitrogen functional groups attached to an aromatic ring is 1.